The molecule has 0 amide bonds. The summed E-state index contributed by atoms with van der Waals surface area (Å²) in [5.74, 6) is 0.772. The zero-order valence-electron chi connectivity index (χ0n) is 12.6. The molecule has 2 N–H and O–H groups in total. The van der Waals surface area contributed by atoms with E-state index in [1.54, 1.807) is 13.8 Å². The maximum Gasteiger partial charge on any atom is 0.268 e. The van der Waals surface area contributed by atoms with Gasteiger partial charge in [-0.1, -0.05) is 13.0 Å². The molecular formula is C15H20N4O2. The van der Waals surface area contributed by atoms with Gasteiger partial charge in [-0.05, 0) is 32.4 Å². The first-order chi connectivity index (χ1) is 10.0. The predicted octanol–water partition coefficient (Wildman–Crippen LogP) is 1.42. The smallest absolute Gasteiger partial charge is 0.268 e. The lowest BCUT2D eigenvalue weighted by Gasteiger charge is -2.09. The monoisotopic (exact) mass is 288 g/mol. The minimum Gasteiger partial charge on any atom is -0.370 e. The van der Waals surface area contributed by atoms with Crippen LogP contribution in [-0.2, 0) is 6.54 Å². The van der Waals surface area contributed by atoms with E-state index in [0.717, 1.165) is 24.5 Å². The first-order valence-electron chi connectivity index (χ1n) is 7.03. The van der Waals surface area contributed by atoms with Crippen LogP contribution in [0.2, 0.25) is 0 Å². The molecule has 0 atom stereocenters. The maximum atomic E-state index is 12.2. The van der Waals surface area contributed by atoms with Crippen LogP contribution in [-0.4, -0.2) is 21.3 Å². The summed E-state index contributed by atoms with van der Waals surface area (Å²) in [7, 11) is 0. The highest BCUT2D eigenvalue weighted by Gasteiger charge is 2.08. The lowest BCUT2D eigenvalue weighted by Crippen LogP contribution is -2.33. The second-order valence-electron chi connectivity index (χ2n) is 5.02. The lowest BCUT2D eigenvalue weighted by atomic mass is 10.2. The summed E-state index contributed by atoms with van der Waals surface area (Å²) < 4.78 is 1.30. The second-order valence-corrected chi connectivity index (χ2v) is 5.02. The molecule has 21 heavy (non-hydrogen) atoms. The van der Waals surface area contributed by atoms with Crippen LogP contribution < -0.4 is 16.4 Å². The molecule has 2 aromatic rings. The Kier molecular flexibility index (Phi) is 4.57. The summed E-state index contributed by atoms with van der Waals surface area (Å²) in [6, 6.07) is 5.59. The van der Waals surface area contributed by atoms with Crippen molar-refractivity contribution in [3.8, 4) is 0 Å². The van der Waals surface area contributed by atoms with Crippen molar-refractivity contribution in [3.63, 3.8) is 0 Å². The molecule has 2 rings (SSSR count). The molecule has 0 spiro atoms. The van der Waals surface area contributed by atoms with Crippen molar-refractivity contribution in [2.75, 3.05) is 11.9 Å². The summed E-state index contributed by atoms with van der Waals surface area (Å²) in [6.45, 7) is 6.48. The van der Waals surface area contributed by atoms with E-state index in [1.165, 1.54) is 4.68 Å². The summed E-state index contributed by atoms with van der Waals surface area (Å²) in [4.78, 5) is 28.4. The van der Waals surface area contributed by atoms with Gasteiger partial charge in [-0.3, -0.25) is 14.7 Å². The molecule has 0 fully saturated rings. The van der Waals surface area contributed by atoms with Crippen LogP contribution in [0.3, 0.4) is 0 Å². The third kappa shape index (κ3) is 3.39. The van der Waals surface area contributed by atoms with E-state index in [4.69, 9.17) is 0 Å². The largest absolute Gasteiger partial charge is 0.370 e. The van der Waals surface area contributed by atoms with E-state index in [1.807, 2.05) is 18.2 Å². The van der Waals surface area contributed by atoms with Gasteiger partial charge in [0.05, 0.1) is 12.2 Å². The van der Waals surface area contributed by atoms with Gasteiger partial charge in [0, 0.05) is 17.7 Å². The lowest BCUT2D eigenvalue weighted by molar-refractivity contribution is 0.609. The third-order valence-electron chi connectivity index (χ3n) is 3.39. The highest BCUT2D eigenvalue weighted by Crippen LogP contribution is 2.05. The number of hydrogen-bond acceptors (Lipinski definition) is 4. The van der Waals surface area contributed by atoms with Gasteiger partial charge in [0.15, 0.2) is 0 Å². The number of aromatic amines is 1. The molecule has 0 aliphatic carbocycles. The molecular weight excluding hydrogens is 268 g/mol. The maximum absolute atomic E-state index is 12.2. The molecule has 112 valence electrons. The zero-order chi connectivity index (χ0) is 15.4. The Balaban J connectivity index is 2.31. The Morgan fingerprint density at radius 1 is 1.24 bits per heavy atom. The molecule has 2 aromatic heterocycles. The molecule has 6 nitrogen and oxygen atoms in total. The van der Waals surface area contributed by atoms with Gasteiger partial charge in [-0.15, -0.1) is 0 Å². The van der Waals surface area contributed by atoms with Crippen LogP contribution in [0.5, 0.6) is 0 Å². The summed E-state index contributed by atoms with van der Waals surface area (Å²) >= 11 is 0. The summed E-state index contributed by atoms with van der Waals surface area (Å²) in [5, 5.41) is 5.78. The zero-order valence-corrected chi connectivity index (χ0v) is 12.6. The minimum absolute atomic E-state index is 0.194. The number of nitrogens with one attached hydrogen (secondary N) is 2. The molecule has 0 saturated carbocycles. The van der Waals surface area contributed by atoms with Crippen LogP contribution in [0, 0.1) is 13.8 Å². The molecule has 0 aliphatic heterocycles. The first kappa shape index (κ1) is 15.0. The summed E-state index contributed by atoms with van der Waals surface area (Å²) in [5.41, 5.74) is 1.21. The van der Waals surface area contributed by atoms with Crippen molar-refractivity contribution in [1.82, 2.24) is 14.8 Å². The highest BCUT2D eigenvalue weighted by molar-refractivity contribution is 5.35. The van der Waals surface area contributed by atoms with Gasteiger partial charge in [0.25, 0.3) is 11.1 Å². The van der Waals surface area contributed by atoms with Gasteiger partial charge in [-0.25, -0.2) is 9.67 Å². The quantitative estimate of drug-likeness (QED) is 0.872. The van der Waals surface area contributed by atoms with E-state index in [9.17, 15) is 9.59 Å². The van der Waals surface area contributed by atoms with E-state index in [-0.39, 0.29) is 17.7 Å². The van der Waals surface area contributed by atoms with Crippen molar-refractivity contribution < 1.29 is 0 Å². The van der Waals surface area contributed by atoms with E-state index >= 15 is 0 Å². The van der Waals surface area contributed by atoms with Crippen LogP contribution >= 0.6 is 0 Å². The Morgan fingerprint density at radius 2 is 2.00 bits per heavy atom. The van der Waals surface area contributed by atoms with Crippen molar-refractivity contribution >= 4 is 5.82 Å². The SMILES string of the molecule is CCCNc1cccc(Cn2[nH]c(=O)c(C)c(C)c2=O)n1. The van der Waals surface area contributed by atoms with Crippen LogP contribution in [0.25, 0.3) is 0 Å². The first-order valence-corrected chi connectivity index (χ1v) is 7.03. The minimum atomic E-state index is -0.243. The van der Waals surface area contributed by atoms with Crippen molar-refractivity contribution in [2.45, 2.75) is 33.7 Å². The number of anilines is 1. The standard InChI is InChI=1S/C15H20N4O2/c1-4-8-16-13-7-5-6-12(17-13)9-19-15(21)11(3)10(2)14(20)18-19/h5-7H,4,8-9H2,1-3H3,(H,16,17)(H,18,20). The second kappa shape index (κ2) is 6.39. The van der Waals surface area contributed by atoms with Crippen molar-refractivity contribution in [2.24, 2.45) is 0 Å². The van der Waals surface area contributed by atoms with Crippen molar-refractivity contribution in [3.05, 3.63) is 55.7 Å². The molecule has 0 radical (unpaired) electrons. The Labute approximate surface area is 122 Å². The van der Waals surface area contributed by atoms with Crippen LogP contribution in [0.1, 0.15) is 30.2 Å². The van der Waals surface area contributed by atoms with Gasteiger partial charge in [-0.2, -0.15) is 0 Å². The number of rotatable bonds is 5. The van der Waals surface area contributed by atoms with Crippen LogP contribution in [0.4, 0.5) is 5.82 Å². The molecule has 0 unspecified atom stereocenters. The fraction of sp³-hybridized carbons (Fsp3) is 0.400. The van der Waals surface area contributed by atoms with Gasteiger partial charge < -0.3 is 5.32 Å². The number of nitrogens with zero attached hydrogens (tertiary/aromatic N) is 2. The van der Waals surface area contributed by atoms with E-state index < -0.39 is 0 Å². The number of H-pyrrole nitrogens is 1. The van der Waals surface area contributed by atoms with E-state index in [2.05, 4.69) is 22.3 Å². The van der Waals surface area contributed by atoms with Crippen LogP contribution in [0.15, 0.2) is 27.8 Å². The molecule has 0 bridgehead atoms. The third-order valence-corrected chi connectivity index (χ3v) is 3.39. The highest BCUT2D eigenvalue weighted by atomic mass is 16.2. The molecule has 0 aromatic carbocycles. The van der Waals surface area contributed by atoms with E-state index in [0.29, 0.717) is 11.1 Å². The molecule has 0 saturated heterocycles. The Bertz CT molecular complexity index is 746. The average molecular weight is 288 g/mol. The normalized spacial score (nSPS) is 10.6. The van der Waals surface area contributed by atoms with Gasteiger partial charge >= 0.3 is 0 Å². The molecule has 0 aliphatic rings. The van der Waals surface area contributed by atoms with Gasteiger partial charge in [0.1, 0.15) is 5.82 Å². The summed E-state index contributed by atoms with van der Waals surface area (Å²) in [6.07, 6.45) is 1.01. The number of hydrogen-bond donors (Lipinski definition) is 2. The number of aromatic nitrogens is 3. The average Bonchev–Trinajstić information content (AvgIpc) is 2.49. The van der Waals surface area contributed by atoms with Crippen molar-refractivity contribution in [1.29, 1.82) is 0 Å². The predicted molar refractivity (Wildman–Crippen MR) is 82.9 cm³/mol. The van der Waals surface area contributed by atoms with Gasteiger partial charge in [0.2, 0.25) is 0 Å². The number of pyridine rings is 1. The Hall–Kier alpha value is -2.37. The fourth-order valence-electron chi connectivity index (χ4n) is 1.98. The Morgan fingerprint density at radius 3 is 2.71 bits per heavy atom. The molecule has 2 heterocycles. The molecule has 6 heteroatoms. The fourth-order valence-corrected chi connectivity index (χ4v) is 1.98. The topological polar surface area (TPSA) is 79.8 Å².